The predicted molar refractivity (Wildman–Crippen MR) is 149 cm³/mol. The van der Waals surface area contributed by atoms with Gasteiger partial charge in [0.1, 0.15) is 28.9 Å². The van der Waals surface area contributed by atoms with E-state index in [1.165, 1.54) is 0 Å². The molecular weight excluding hydrogens is 564 g/mol. The highest BCUT2D eigenvalue weighted by Crippen LogP contribution is 2.45. The minimum absolute atomic E-state index is 0.0201. The van der Waals surface area contributed by atoms with Crippen molar-refractivity contribution in [1.29, 1.82) is 5.26 Å². The van der Waals surface area contributed by atoms with Crippen LogP contribution in [0.2, 0.25) is 0 Å². The van der Waals surface area contributed by atoms with Gasteiger partial charge in [-0.15, -0.1) is 0 Å². The van der Waals surface area contributed by atoms with Crippen molar-refractivity contribution >= 4 is 21.9 Å². The van der Waals surface area contributed by atoms with Crippen molar-refractivity contribution in [2.75, 3.05) is 20.3 Å². The number of esters is 1. The van der Waals surface area contributed by atoms with Crippen LogP contribution in [-0.2, 0) is 4.79 Å². The van der Waals surface area contributed by atoms with E-state index in [2.05, 4.69) is 35.8 Å². The van der Waals surface area contributed by atoms with Gasteiger partial charge in [0.05, 0.1) is 19.6 Å². The SMILES string of the molecule is COc1cc(C2C(C#N)=C(N)Oc3cc(OC(=O)COc4ccc(Br)cc4)ccc32)ccc1OCCC(C)C. The number of hydrogen-bond acceptors (Lipinski definition) is 8. The molecule has 202 valence electrons. The lowest BCUT2D eigenvalue weighted by Gasteiger charge is -2.27. The molecule has 0 amide bonds. The summed E-state index contributed by atoms with van der Waals surface area (Å²) in [7, 11) is 1.57. The number of halogens is 1. The van der Waals surface area contributed by atoms with E-state index in [0.717, 1.165) is 16.5 Å². The first-order valence-corrected chi connectivity index (χ1v) is 13.2. The Balaban J connectivity index is 1.54. The lowest BCUT2D eigenvalue weighted by Crippen LogP contribution is -2.22. The summed E-state index contributed by atoms with van der Waals surface area (Å²) in [6.45, 7) is 4.57. The Bertz CT molecular complexity index is 1410. The monoisotopic (exact) mass is 592 g/mol. The number of nitrogens with two attached hydrogens (primary N) is 1. The second kappa shape index (κ2) is 12.6. The van der Waals surface area contributed by atoms with E-state index in [4.69, 9.17) is 29.4 Å². The van der Waals surface area contributed by atoms with E-state index in [1.54, 1.807) is 37.4 Å². The molecule has 39 heavy (non-hydrogen) atoms. The molecule has 0 fully saturated rings. The third-order valence-electron chi connectivity index (χ3n) is 6.07. The van der Waals surface area contributed by atoms with Gasteiger partial charge in [-0.25, -0.2) is 4.79 Å². The van der Waals surface area contributed by atoms with Crippen LogP contribution in [-0.4, -0.2) is 26.3 Å². The lowest BCUT2D eigenvalue weighted by molar-refractivity contribution is -0.136. The molecule has 1 heterocycles. The van der Waals surface area contributed by atoms with Crippen LogP contribution in [0.25, 0.3) is 0 Å². The molecule has 1 aliphatic heterocycles. The maximum atomic E-state index is 12.4. The standard InChI is InChI=1S/C30H29BrN2O6/c1-18(2)12-13-36-25-11-4-19(14-27(25)35-3)29-23-10-9-22(15-26(23)39-30(33)24(29)16-32)38-28(34)17-37-21-7-5-20(31)6-8-21/h4-11,14-15,18,29H,12-13,17,33H2,1-3H3. The summed E-state index contributed by atoms with van der Waals surface area (Å²) in [6.07, 6.45) is 0.916. The van der Waals surface area contributed by atoms with E-state index in [1.807, 2.05) is 30.3 Å². The molecule has 9 heteroatoms. The van der Waals surface area contributed by atoms with Crippen LogP contribution in [0.1, 0.15) is 37.3 Å². The number of nitriles is 1. The zero-order valence-electron chi connectivity index (χ0n) is 21.9. The van der Waals surface area contributed by atoms with Gasteiger partial charge < -0.3 is 29.4 Å². The van der Waals surface area contributed by atoms with Gasteiger partial charge in [-0.05, 0) is 60.4 Å². The van der Waals surface area contributed by atoms with Crippen LogP contribution >= 0.6 is 15.9 Å². The average Bonchev–Trinajstić information content (AvgIpc) is 2.92. The van der Waals surface area contributed by atoms with Gasteiger partial charge in [0.2, 0.25) is 5.88 Å². The summed E-state index contributed by atoms with van der Waals surface area (Å²) < 4.78 is 29.1. The van der Waals surface area contributed by atoms with Crippen molar-refractivity contribution in [2.45, 2.75) is 26.2 Å². The quantitative estimate of drug-likeness (QED) is 0.222. The molecule has 4 rings (SSSR count). The highest BCUT2D eigenvalue weighted by atomic mass is 79.9. The zero-order valence-corrected chi connectivity index (χ0v) is 23.5. The zero-order chi connectivity index (χ0) is 27.9. The third kappa shape index (κ3) is 6.84. The fourth-order valence-corrected chi connectivity index (χ4v) is 4.33. The highest BCUT2D eigenvalue weighted by molar-refractivity contribution is 9.10. The van der Waals surface area contributed by atoms with E-state index >= 15 is 0 Å². The Hall–Kier alpha value is -4.16. The van der Waals surface area contributed by atoms with Crippen molar-refractivity contribution in [3.63, 3.8) is 0 Å². The molecule has 8 nitrogen and oxygen atoms in total. The molecule has 3 aromatic carbocycles. The summed E-state index contributed by atoms with van der Waals surface area (Å²) >= 11 is 3.35. The van der Waals surface area contributed by atoms with Gasteiger partial charge in [-0.2, -0.15) is 5.26 Å². The van der Waals surface area contributed by atoms with Gasteiger partial charge >= 0.3 is 5.97 Å². The molecule has 0 aromatic heterocycles. The number of rotatable bonds is 10. The molecule has 1 atom stereocenters. The van der Waals surface area contributed by atoms with Gasteiger partial charge in [0, 0.05) is 16.1 Å². The fourth-order valence-electron chi connectivity index (χ4n) is 4.06. The van der Waals surface area contributed by atoms with Gasteiger partial charge in [0.25, 0.3) is 0 Å². The first-order valence-electron chi connectivity index (χ1n) is 12.4. The summed E-state index contributed by atoms with van der Waals surface area (Å²) in [4.78, 5) is 12.4. The van der Waals surface area contributed by atoms with Crippen LogP contribution in [0.3, 0.4) is 0 Å². The van der Waals surface area contributed by atoms with Crippen molar-refractivity contribution in [3.05, 3.63) is 87.7 Å². The minimum Gasteiger partial charge on any atom is -0.493 e. The Kier molecular flexibility index (Phi) is 8.99. The van der Waals surface area contributed by atoms with E-state index in [0.29, 0.717) is 41.1 Å². The third-order valence-corrected chi connectivity index (χ3v) is 6.59. The smallest absolute Gasteiger partial charge is 0.349 e. The summed E-state index contributed by atoms with van der Waals surface area (Å²) in [6, 6.07) is 19.8. The molecule has 0 bridgehead atoms. The van der Waals surface area contributed by atoms with Crippen LogP contribution < -0.4 is 29.4 Å². The second-order valence-corrected chi connectivity index (χ2v) is 10.2. The van der Waals surface area contributed by atoms with Crippen LogP contribution in [0.4, 0.5) is 0 Å². The first-order chi connectivity index (χ1) is 18.8. The van der Waals surface area contributed by atoms with Gasteiger partial charge in [-0.3, -0.25) is 0 Å². The number of nitrogens with zero attached hydrogens (tertiary/aromatic N) is 1. The van der Waals surface area contributed by atoms with Crippen molar-refractivity contribution in [3.8, 4) is 34.8 Å². The molecule has 0 saturated carbocycles. The van der Waals surface area contributed by atoms with Gasteiger partial charge in [-0.1, -0.05) is 41.9 Å². The highest BCUT2D eigenvalue weighted by Gasteiger charge is 2.31. The number of methoxy groups -OCH3 is 1. The maximum absolute atomic E-state index is 12.4. The van der Waals surface area contributed by atoms with E-state index in [9.17, 15) is 10.1 Å². The average molecular weight is 593 g/mol. The van der Waals surface area contributed by atoms with Crippen molar-refractivity contribution in [1.82, 2.24) is 0 Å². The number of allylic oxidation sites excluding steroid dienone is 1. The number of benzene rings is 3. The Morgan fingerprint density at radius 1 is 1.05 bits per heavy atom. The van der Waals surface area contributed by atoms with E-state index in [-0.39, 0.29) is 23.8 Å². The Morgan fingerprint density at radius 2 is 1.79 bits per heavy atom. The molecule has 0 aliphatic carbocycles. The molecule has 1 aliphatic rings. The number of hydrogen-bond donors (Lipinski definition) is 1. The molecule has 1 unspecified atom stereocenters. The molecule has 0 radical (unpaired) electrons. The van der Waals surface area contributed by atoms with Crippen molar-refractivity contribution in [2.24, 2.45) is 11.7 Å². The first kappa shape index (κ1) is 27.9. The van der Waals surface area contributed by atoms with Crippen molar-refractivity contribution < 1.29 is 28.5 Å². The lowest BCUT2D eigenvalue weighted by atomic mass is 9.83. The molecule has 0 spiro atoms. The van der Waals surface area contributed by atoms with Crippen LogP contribution in [0.5, 0.6) is 28.7 Å². The second-order valence-electron chi connectivity index (χ2n) is 9.28. The number of carbonyl (C=O) groups excluding carboxylic acids is 1. The molecule has 2 N–H and O–H groups in total. The normalized spacial score (nSPS) is 14.2. The minimum atomic E-state index is -0.579. The summed E-state index contributed by atoms with van der Waals surface area (Å²) in [5, 5.41) is 9.90. The molecule has 3 aromatic rings. The Morgan fingerprint density at radius 3 is 2.49 bits per heavy atom. The maximum Gasteiger partial charge on any atom is 0.349 e. The molecular formula is C30H29BrN2O6. The number of fused-ring (bicyclic) bond motifs is 1. The fraction of sp³-hybridized carbons (Fsp3) is 0.267. The number of carbonyl (C=O) groups is 1. The summed E-state index contributed by atoms with van der Waals surface area (Å²) in [5.41, 5.74) is 7.89. The van der Waals surface area contributed by atoms with Gasteiger partial charge in [0.15, 0.2) is 18.1 Å². The summed E-state index contributed by atoms with van der Waals surface area (Å²) in [5.74, 6) is 1.77. The largest absolute Gasteiger partial charge is 0.493 e. The topological polar surface area (TPSA) is 113 Å². The Labute approximate surface area is 236 Å². The van der Waals surface area contributed by atoms with E-state index < -0.39 is 11.9 Å². The van der Waals surface area contributed by atoms with Crippen LogP contribution in [0, 0.1) is 17.2 Å². The predicted octanol–water partition coefficient (Wildman–Crippen LogP) is 6.09. The number of ether oxygens (including phenoxy) is 5. The molecule has 0 saturated heterocycles. The van der Waals surface area contributed by atoms with Crippen LogP contribution in [0.15, 0.2) is 76.6 Å².